The van der Waals surface area contributed by atoms with Crippen LogP contribution in [-0.4, -0.2) is 17.0 Å². The topological polar surface area (TPSA) is 79.5 Å². The van der Waals surface area contributed by atoms with E-state index in [1.807, 2.05) is 0 Å². The molecule has 1 aromatic heterocycles. The number of nitrogens with one attached hydrogen (secondary N) is 1. The first-order valence-electron chi connectivity index (χ1n) is 3.68. The summed E-state index contributed by atoms with van der Waals surface area (Å²) in [5.74, 6) is -1.64. The smallest absolute Gasteiger partial charge is 0.312 e. The quantitative estimate of drug-likeness (QED) is 0.661. The third-order valence-electron chi connectivity index (χ3n) is 1.38. The minimum Gasteiger partial charge on any atom is -0.481 e. The van der Waals surface area contributed by atoms with Gasteiger partial charge in [-0.2, -0.15) is 0 Å². The highest BCUT2D eigenvalue weighted by Crippen LogP contribution is 1.98. The molecule has 0 spiro atoms. The third kappa shape index (κ3) is 3.42. The maximum atomic E-state index is 10.8. The molecule has 0 aliphatic carbocycles. The molecule has 0 radical (unpaired) electrons. The van der Waals surface area contributed by atoms with Gasteiger partial charge in [0, 0.05) is 12.1 Å². The zero-order valence-electron chi connectivity index (χ0n) is 6.82. The van der Waals surface area contributed by atoms with Gasteiger partial charge >= 0.3 is 5.97 Å². The van der Waals surface area contributed by atoms with E-state index in [0.29, 0.717) is 6.54 Å². The molecular weight excluding hydrogens is 174 g/mol. The molecule has 0 saturated heterocycles. The van der Waals surface area contributed by atoms with Crippen molar-refractivity contribution in [3.05, 3.63) is 24.2 Å². The second kappa shape index (κ2) is 4.30. The van der Waals surface area contributed by atoms with Crippen LogP contribution in [0.3, 0.4) is 0 Å². The van der Waals surface area contributed by atoms with E-state index in [1.54, 1.807) is 6.07 Å². The Morgan fingerprint density at radius 3 is 2.85 bits per heavy atom. The van der Waals surface area contributed by atoms with Crippen molar-refractivity contribution in [1.82, 2.24) is 5.32 Å². The van der Waals surface area contributed by atoms with Gasteiger partial charge in [0.1, 0.15) is 6.42 Å². The lowest BCUT2D eigenvalue weighted by Crippen LogP contribution is -2.24. The van der Waals surface area contributed by atoms with Gasteiger partial charge in [-0.1, -0.05) is 0 Å². The van der Waals surface area contributed by atoms with Crippen LogP contribution < -0.4 is 5.32 Å². The molecule has 0 aliphatic rings. The van der Waals surface area contributed by atoms with Crippen molar-refractivity contribution in [2.75, 3.05) is 0 Å². The molecule has 5 nitrogen and oxygen atoms in total. The first-order valence-corrected chi connectivity index (χ1v) is 3.68. The van der Waals surface area contributed by atoms with Gasteiger partial charge in [-0.15, -0.1) is 0 Å². The van der Waals surface area contributed by atoms with Crippen molar-refractivity contribution in [1.29, 1.82) is 0 Å². The van der Waals surface area contributed by atoms with Gasteiger partial charge in [0.2, 0.25) is 5.91 Å². The number of furan rings is 1. The van der Waals surface area contributed by atoms with E-state index < -0.39 is 18.3 Å². The number of amides is 1. The fourth-order valence-corrected chi connectivity index (χ4v) is 0.794. The predicted molar refractivity (Wildman–Crippen MR) is 42.8 cm³/mol. The maximum Gasteiger partial charge on any atom is 0.312 e. The molecule has 0 atom stereocenters. The number of rotatable bonds is 4. The Kier molecular flexibility index (Phi) is 3.08. The van der Waals surface area contributed by atoms with Crippen LogP contribution in [0.25, 0.3) is 0 Å². The van der Waals surface area contributed by atoms with Crippen molar-refractivity contribution in [3.8, 4) is 0 Å². The zero-order valence-corrected chi connectivity index (χ0v) is 6.82. The highest BCUT2D eigenvalue weighted by atomic mass is 16.4. The van der Waals surface area contributed by atoms with Gasteiger partial charge in [-0.05, 0) is 6.07 Å². The summed E-state index contributed by atoms with van der Waals surface area (Å²) < 4.78 is 4.76. The fraction of sp³-hybridized carbons (Fsp3) is 0.250. The minimum atomic E-state index is -1.13. The SMILES string of the molecule is O=C(O)CC(=O)NCc1ccoc1. The standard InChI is InChI=1S/C8H9NO4/c10-7(3-8(11)12)9-4-6-1-2-13-5-6/h1-2,5H,3-4H2,(H,9,10)(H,11,12). The maximum absolute atomic E-state index is 10.8. The van der Waals surface area contributed by atoms with E-state index in [0.717, 1.165) is 5.56 Å². The van der Waals surface area contributed by atoms with Gasteiger partial charge in [-0.3, -0.25) is 9.59 Å². The molecule has 1 heterocycles. The molecule has 0 aliphatic heterocycles. The number of carboxylic acid groups (broad SMARTS) is 1. The predicted octanol–water partition coefficient (Wildman–Crippen LogP) is 0.370. The van der Waals surface area contributed by atoms with Crippen LogP contribution in [0.5, 0.6) is 0 Å². The molecule has 0 unspecified atom stereocenters. The van der Waals surface area contributed by atoms with Crippen LogP contribution in [0, 0.1) is 0 Å². The molecule has 70 valence electrons. The summed E-state index contributed by atoms with van der Waals surface area (Å²) in [4.78, 5) is 20.9. The van der Waals surface area contributed by atoms with Crippen LogP contribution in [0.1, 0.15) is 12.0 Å². The summed E-state index contributed by atoms with van der Waals surface area (Å²) in [5, 5.41) is 10.7. The van der Waals surface area contributed by atoms with Crippen molar-refractivity contribution in [2.24, 2.45) is 0 Å². The molecular formula is C8H9NO4. The largest absolute Gasteiger partial charge is 0.481 e. The summed E-state index contributed by atoms with van der Waals surface area (Å²) in [6.45, 7) is 0.294. The van der Waals surface area contributed by atoms with Crippen LogP contribution in [0.15, 0.2) is 23.0 Å². The molecule has 0 fully saturated rings. The number of hydrogen-bond acceptors (Lipinski definition) is 3. The Labute approximate surface area is 74.4 Å². The Bertz CT molecular complexity index is 291. The van der Waals surface area contributed by atoms with E-state index in [-0.39, 0.29) is 0 Å². The second-order valence-electron chi connectivity index (χ2n) is 2.48. The zero-order chi connectivity index (χ0) is 9.68. The summed E-state index contributed by atoms with van der Waals surface area (Å²) in [6, 6.07) is 1.70. The number of carbonyl (C=O) groups is 2. The summed E-state index contributed by atoms with van der Waals surface area (Å²) in [5.41, 5.74) is 0.804. The summed E-state index contributed by atoms with van der Waals surface area (Å²) in [6.07, 6.45) is 2.47. The van der Waals surface area contributed by atoms with E-state index in [4.69, 9.17) is 9.52 Å². The minimum absolute atomic E-state index is 0.294. The molecule has 5 heteroatoms. The fourth-order valence-electron chi connectivity index (χ4n) is 0.794. The van der Waals surface area contributed by atoms with Crippen molar-refractivity contribution >= 4 is 11.9 Å². The molecule has 2 N–H and O–H groups in total. The van der Waals surface area contributed by atoms with E-state index in [9.17, 15) is 9.59 Å². The third-order valence-corrected chi connectivity index (χ3v) is 1.38. The first-order chi connectivity index (χ1) is 6.18. The monoisotopic (exact) mass is 183 g/mol. The number of carboxylic acids is 1. The van der Waals surface area contributed by atoms with Gasteiger partial charge in [0.05, 0.1) is 12.5 Å². The summed E-state index contributed by atoms with van der Waals surface area (Å²) in [7, 11) is 0. The van der Waals surface area contributed by atoms with Crippen LogP contribution >= 0.6 is 0 Å². The first kappa shape index (κ1) is 9.31. The average molecular weight is 183 g/mol. The van der Waals surface area contributed by atoms with E-state index in [2.05, 4.69) is 5.32 Å². The molecule has 0 bridgehead atoms. The van der Waals surface area contributed by atoms with Crippen LogP contribution in [0.4, 0.5) is 0 Å². The molecule has 13 heavy (non-hydrogen) atoms. The number of hydrogen-bond donors (Lipinski definition) is 2. The van der Waals surface area contributed by atoms with Gasteiger partial charge < -0.3 is 14.8 Å². The van der Waals surface area contributed by atoms with Gasteiger partial charge in [0.25, 0.3) is 0 Å². The number of aliphatic carboxylic acids is 1. The van der Waals surface area contributed by atoms with Crippen molar-refractivity contribution in [3.63, 3.8) is 0 Å². The Hall–Kier alpha value is -1.78. The van der Waals surface area contributed by atoms with Crippen LogP contribution in [-0.2, 0) is 16.1 Å². The summed E-state index contributed by atoms with van der Waals surface area (Å²) >= 11 is 0. The highest BCUT2D eigenvalue weighted by molar-refractivity contribution is 5.93. The molecule has 1 amide bonds. The second-order valence-corrected chi connectivity index (χ2v) is 2.48. The average Bonchev–Trinajstić information content (AvgIpc) is 2.51. The lowest BCUT2D eigenvalue weighted by molar-refractivity contribution is -0.140. The Balaban J connectivity index is 2.27. The van der Waals surface area contributed by atoms with Crippen molar-refractivity contribution < 1.29 is 19.1 Å². The number of carbonyl (C=O) groups excluding carboxylic acids is 1. The normalized spacial score (nSPS) is 9.54. The van der Waals surface area contributed by atoms with Crippen molar-refractivity contribution in [2.45, 2.75) is 13.0 Å². The molecule has 1 rings (SSSR count). The molecule has 1 aromatic rings. The van der Waals surface area contributed by atoms with Gasteiger partial charge in [-0.25, -0.2) is 0 Å². The highest BCUT2D eigenvalue weighted by Gasteiger charge is 2.06. The molecule has 0 aromatic carbocycles. The van der Waals surface area contributed by atoms with E-state index >= 15 is 0 Å². The van der Waals surface area contributed by atoms with Crippen LogP contribution in [0.2, 0.25) is 0 Å². The lowest BCUT2D eigenvalue weighted by Gasteiger charge is -1.99. The lowest BCUT2D eigenvalue weighted by atomic mass is 10.3. The Morgan fingerprint density at radius 2 is 2.31 bits per heavy atom. The van der Waals surface area contributed by atoms with Gasteiger partial charge in [0.15, 0.2) is 0 Å². The Morgan fingerprint density at radius 1 is 1.54 bits per heavy atom. The molecule has 0 saturated carbocycles. The van der Waals surface area contributed by atoms with E-state index in [1.165, 1.54) is 12.5 Å².